The van der Waals surface area contributed by atoms with Gasteiger partial charge in [-0.05, 0) is 23.8 Å². The first-order valence-corrected chi connectivity index (χ1v) is 5.92. The Kier molecular flexibility index (Phi) is 3.74. The molecule has 1 rings (SSSR count). The summed E-state index contributed by atoms with van der Waals surface area (Å²) in [5.74, 6) is -0.371. The molecule has 0 aliphatic carbocycles. The van der Waals surface area contributed by atoms with Gasteiger partial charge in [0.25, 0.3) is 0 Å². The molecule has 0 fully saturated rings. The first kappa shape index (κ1) is 11.7. The Morgan fingerprint density at radius 3 is 2.14 bits per heavy atom. The van der Waals surface area contributed by atoms with Crippen molar-refractivity contribution in [3.63, 3.8) is 0 Å². The van der Waals surface area contributed by atoms with Gasteiger partial charge in [0.1, 0.15) is 0 Å². The highest BCUT2D eigenvalue weighted by Gasteiger charge is 2.10. The fraction of sp³-hybridized carbons (Fsp3) is 0.143. The fourth-order valence-corrected chi connectivity index (χ4v) is 2.19. The Morgan fingerprint density at radius 1 is 1.21 bits per heavy atom. The van der Waals surface area contributed by atoms with Gasteiger partial charge in [0, 0.05) is 10.0 Å². The normalized spacial score (nSPS) is 11.6. The van der Waals surface area contributed by atoms with E-state index in [1.165, 1.54) is 23.1 Å². The molecule has 14 heavy (non-hydrogen) atoms. The molecule has 7 heteroatoms. The van der Waals surface area contributed by atoms with Gasteiger partial charge in [-0.3, -0.25) is 0 Å². The number of rotatable bonds is 3. The van der Waals surface area contributed by atoms with Crippen molar-refractivity contribution >= 4 is 33.2 Å². The van der Waals surface area contributed by atoms with E-state index in [4.69, 9.17) is 28.4 Å². The molecule has 0 heterocycles. The lowest BCUT2D eigenvalue weighted by molar-refractivity contribution is 0.242. The Balaban J connectivity index is 2.98. The summed E-state index contributed by atoms with van der Waals surface area (Å²) in [6.07, 6.45) is 0. The molecule has 0 spiro atoms. The first-order chi connectivity index (χ1) is 6.43. The van der Waals surface area contributed by atoms with Crippen LogP contribution in [0.2, 0.25) is 10.0 Å². The van der Waals surface area contributed by atoms with Crippen LogP contribution in [0.15, 0.2) is 18.2 Å². The zero-order valence-corrected chi connectivity index (χ0v) is 9.20. The molecule has 0 aromatic heterocycles. The summed E-state index contributed by atoms with van der Waals surface area (Å²) in [6.45, 7) is 0. The third kappa shape index (κ3) is 3.43. The van der Waals surface area contributed by atoms with Crippen LogP contribution in [-0.2, 0) is 15.8 Å². The fourth-order valence-electron chi connectivity index (χ4n) is 0.946. The summed E-state index contributed by atoms with van der Waals surface area (Å²) in [5, 5.41) is 8.99. The van der Waals surface area contributed by atoms with E-state index in [0.717, 1.165) is 0 Å². The summed E-state index contributed by atoms with van der Waals surface area (Å²) in [7, 11) is -3.72. The van der Waals surface area contributed by atoms with Crippen LogP contribution in [0.25, 0.3) is 0 Å². The van der Waals surface area contributed by atoms with Gasteiger partial charge in [-0.2, -0.15) is 0 Å². The predicted molar refractivity (Wildman–Crippen MR) is 54.0 cm³/mol. The summed E-state index contributed by atoms with van der Waals surface area (Å²) in [4.78, 5) is 1.21. The molecule has 4 nitrogen and oxygen atoms in total. The van der Waals surface area contributed by atoms with Crippen LogP contribution in [-0.4, -0.2) is 13.6 Å². The molecule has 1 aromatic carbocycles. The average molecular weight is 256 g/mol. The van der Waals surface area contributed by atoms with E-state index >= 15 is 0 Å². The van der Waals surface area contributed by atoms with E-state index < -0.39 is 10.0 Å². The predicted octanol–water partition coefficient (Wildman–Crippen LogP) is 1.80. The van der Waals surface area contributed by atoms with Gasteiger partial charge < -0.3 is 5.21 Å². The molecule has 0 aliphatic heterocycles. The van der Waals surface area contributed by atoms with Crippen LogP contribution in [0.5, 0.6) is 0 Å². The van der Waals surface area contributed by atoms with Gasteiger partial charge in [-0.1, -0.05) is 28.1 Å². The van der Waals surface area contributed by atoms with E-state index in [9.17, 15) is 8.42 Å². The largest absolute Gasteiger partial charge is 0.302 e. The lowest BCUT2D eigenvalue weighted by Gasteiger charge is -2.02. The maximum absolute atomic E-state index is 10.9. The van der Waals surface area contributed by atoms with Crippen molar-refractivity contribution in [2.24, 2.45) is 0 Å². The minimum Gasteiger partial charge on any atom is -0.302 e. The minimum atomic E-state index is -3.72. The molecule has 0 unspecified atom stereocenters. The maximum Gasteiger partial charge on any atom is 0.237 e. The zero-order valence-electron chi connectivity index (χ0n) is 6.87. The van der Waals surface area contributed by atoms with E-state index in [1.54, 1.807) is 0 Å². The van der Waals surface area contributed by atoms with Gasteiger partial charge in [-0.15, -0.1) is 0 Å². The van der Waals surface area contributed by atoms with Gasteiger partial charge in [0.15, 0.2) is 0 Å². The number of hydrogen-bond acceptors (Lipinski definition) is 3. The SMILES string of the molecule is O=S(=O)(Cc1cc(Cl)cc(Cl)c1)NO. The molecular formula is C7H7Cl2NO3S. The van der Waals surface area contributed by atoms with Crippen molar-refractivity contribution in [3.8, 4) is 0 Å². The van der Waals surface area contributed by atoms with Crippen molar-refractivity contribution in [3.05, 3.63) is 33.8 Å². The molecule has 0 radical (unpaired) electrons. The molecule has 0 bridgehead atoms. The molecule has 0 atom stereocenters. The number of nitrogens with one attached hydrogen (secondary N) is 1. The molecule has 0 aliphatic rings. The number of benzene rings is 1. The second-order valence-electron chi connectivity index (χ2n) is 2.63. The van der Waals surface area contributed by atoms with Crippen LogP contribution >= 0.6 is 23.2 Å². The third-order valence-electron chi connectivity index (χ3n) is 1.42. The Bertz CT molecular complexity index is 412. The molecule has 0 saturated carbocycles. The van der Waals surface area contributed by atoms with Crippen molar-refractivity contribution in [1.82, 2.24) is 4.89 Å². The minimum absolute atomic E-state index is 0.348. The summed E-state index contributed by atoms with van der Waals surface area (Å²) >= 11 is 11.3. The highest BCUT2D eigenvalue weighted by molar-refractivity contribution is 7.88. The van der Waals surface area contributed by atoms with Crippen LogP contribution < -0.4 is 4.89 Å². The maximum atomic E-state index is 10.9. The second kappa shape index (κ2) is 4.46. The number of hydrogen-bond donors (Lipinski definition) is 2. The van der Waals surface area contributed by atoms with Crippen molar-refractivity contribution in [2.75, 3.05) is 0 Å². The molecule has 1 aromatic rings. The van der Waals surface area contributed by atoms with Gasteiger partial charge in [0.05, 0.1) is 5.75 Å². The van der Waals surface area contributed by atoms with Gasteiger partial charge in [-0.25, -0.2) is 8.42 Å². The summed E-state index contributed by atoms with van der Waals surface area (Å²) in [5.41, 5.74) is 0.407. The Hall–Kier alpha value is -0.330. The summed E-state index contributed by atoms with van der Waals surface area (Å²) < 4.78 is 21.9. The van der Waals surface area contributed by atoms with Crippen LogP contribution in [0.1, 0.15) is 5.56 Å². The standard InChI is InChI=1S/C7H7Cl2NO3S/c8-6-1-5(2-7(9)3-6)4-14(12,13)10-11/h1-3,10-11H,4H2. The Morgan fingerprint density at radius 2 is 1.71 bits per heavy atom. The molecule has 78 valence electrons. The topological polar surface area (TPSA) is 66.4 Å². The Labute approximate surface area is 91.5 Å². The van der Waals surface area contributed by atoms with Gasteiger partial charge in [0.2, 0.25) is 10.0 Å². The van der Waals surface area contributed by atoms with Crippen LogP contribution in [0.3, 0.4) is 0 Å². The average Bonchev–Trinajstić information content (AvgIpc) is 2.01. The van der Waals surface area contributed by atoms with Crippen LogP contribution in [0, 0.1) is 0 Å². The second-order valence-corrected chi connectivity index (χ2v) is 5.20. The van der Waals surface area contributed by atoms with Crippen molar-refractivity contribution < 1.29 is 13.6 Å². The highest BCUT2D eigenvalue weighted by atomic mass is 35.5. The van der Waals surface area contributed by atoms with Crippen LogP contribution in [0.4, 0.5) is 0 Å². The molecule has 0 saturated heterocycles. The van der Waals surface area contributed by atoms with E-state index in [1.807, 2.05) is 0 Å². The van der Waals surface area contributed by atoms with E-state index in [2.05, 4.69) is 0 Å². The monoisotopic (exact) mass is 255 g/mol. The smallest absolute Gasteiger partial charge is 0.237 e. The highest BCUT2D eigenvalue weighted by Crippen LogP contribution is 2.20. The number of sulfonamides is 1. The summed E-state index contributed by atoms with van der Waals surface area (Å²) in [6, 6.07) is 4.41. The molecule has 2 N–H and O–H groups in total. The first-order valence-electron chi connectivity index (χ1n) is 3.51. The van der Waals surface area contributed by atoms with Gasteiger partial charge >= 0.3 is 0 Å². The third-order valence-corrected chi connectivity index (χ3v) is 2.85. The quantitative estimate of drug-likeness (QED) is 0.810. The lowest BCUT2D eigenvalue weighted by atomic mass is 10.2. The number of halogens is 2. The zero-order chi connectivity index (χ0) is 10.8. The van der Waals surface area contributed by atoms with E-state index in [-0.39, 0.29) is 5.75 Å². The lowest BCUT2D eigenvalue weighted by Crippen LogP contribution is -2.21. The van der Waals surface area contributed by atoms with Crippen molar-refractivity contribution in [2.45, 2.75) is 5.75 Å². The van der Waals surface area contributed by atoms with Crippen molar-refractivity contribution in [1.29, 1.82) is 0 Å². The molecular weight excluding hydrogens is 249 g/mol. The van der Waals surface area contributed by atoms with E-state index in [0.29, 0.717) is 15.6 Å². The molecule has 0 amide bonds.